The quantitative estimate of drug-likeness (QED) is 0.716. The molecule has 0 aliphatic rings. The molecule has 0 spiro atoms. The highest BCUT2D eigenvalue weighted by Crippen LogP contribution is 2.17. The molecule has 0 saturated heterocycles. The van der Waals surface area contributed by atoms with Crippen LogP contribution in [-0.2, 0) is 0 Å². The Balaban J connectivity index is 2.65. The summed E-state index contributed by atoms with van der Waals surface area (Å²) in [7, 11) is 0. The standard InChI is InChI=1S/C15H21N/c1-4-10-14(5-2)16-15(6-3)13-11-8-7-9-12-13/h1,7-9,11-12,14-16H,5-6,10H2,2-3H3. The molecular formula is C15H21N. The number of hydrogen-bond acceptors (Lipinski definition) is 1. The summed E-state index contributed by atoms with van der Waals surface area (Å²) in [6.07, 6.45) is 8.34. The molecule has 1 heteroatoms. The van der Waals surface area contributed by atoms with E-state index in [1.54, 1.807) is 0 Å². The van der Waals surface area contributed by atoms with Gasteiger partial charge in [0.2, 0.25) is 0 Å². The van der Waals surface area contributed by atoms with Crippen LogP contribution < -0.4 is 5.32 Å². The Bertz CT molecular complexity index is 323. The molecule has 1 aromatic carbocycles. The number of nitrogens with one attached hydrogen (secondary N) is 1. The Morgan fingerprint density at radius 1 is 1.19 bits per heavy atom. The first-order valence-corrected chi connectivity index (χ1v) is 6.06. The van der Waals surface area contributed by atoms with Gasteiger partial charge in [0, 0.05) is 18.5 Å². The highest BCUT2D eigenvalue weighted by atomic mass is 14.9. The zero-order chi connectivity index (χ0) is 11.8. The van der Waals surface area contributed by atoms with Crippen LogP contribution in [0.5, 0.6) is 0 Å². The van der Waals surface area contributed by atoms with Crippen LogP contribution >= 0.6 is 0 Å². The first-order chi connectivity index (χ1) is 7.81. The van der Waals surface area contributed by atoms with Gasteiger partial charge >= 0.3 is 0 Å². The minimum absolute atomic E-state index is 0.416. The van der Waals surface area contributed by atoms with E-state index in [0.29, 0.717) is 12.1 Å². The van der Waals surface area contributed by atoms with Crippen molar-refractivity contribution in [2.24, 2.45) is 0 Å². The minimum Gasteiger partial charge on any atom is -0.306 e. The molecule has 0 aromatic heterocycles. The molecule has 0 aliphatic carbocycles. The van der Waals surface area contributed by atoms with Gasteiger partial charge in [0.1, 0.15) is 0 Å². The van der Waals surface area contributed by atoms with Crippen molar-refractivity contribution >= 4 is 0 Å². The van der Waals surface area contributed by atoms with Crippen molar-refractivity contribution in [3.8, 4) is 12.3 Å². The van der Waals surface area contributed by atoms with E-state index in [0.717, 1.165) is 19.3 Å². The van der Waals surface area contributed by atoms with Crippen molar-refractivity contribution in [3.05, 3.63) is 35.9 Å². The van der Waals surface area contributed by atoms with Gasteiger partial charge in [-0.2, -0.15) is 0 Å². The van der Waals surface area contributed by atoms with Crippen LogP contribution in [0.3, 0.4) is 0 Å². The van der Waals surface area contributed by atoms with E-state index in [9.17, 15) is 0 Å². The lowest BCUT2D eigenvalue weighted by atomic mass is 10.0. The van der Waals surface area contributed by atoms with E-state index in [1.807, 2.05) is 0 Å². The molecule has 1 rings (SSSR count). The molecule has 0 fully saturated rings. The van der Waals surface area contributed by atoms with Gasteiger partial charge in [-0.1, -0.05) is 44.2 Å². The fraction of sp³-hybridized carbons (Fsp3) is 0.467. The van der Waals surface area contributed by atoms with E-state index >= 15 is 0 Å². The molecule has 1 aromatic rings. The molecule has 1 nitrogen and oxygen atoms in total. The summed E-state index contributed by atoms with van der Waals surface area (Å²) in [5.41, 5.74) is 1.35. The van der Waals surface area contributed by atoms with Gasteiger partial charge in [0.25, 0.3) is 0 Å². The van der Waals surface area contributed by atoms with Crippen LogP contribution in [0.15, 0.2) is 30.3 Å². The van der Waals surface area contributed by atoms with Gasteiger partial charge in [-0.05, 0) is 18.4 Å². The van der Waals surface area contributed by atoms with Gasteiger partial charge in [-0.3, -0.25) is 0 Å². The van der Waals surface area contributed by atoms with Crippen molar-refractivity contribution in [2.45, 2.75) is 45.2 Å². The molecule has 0 bridgehead atoms. The van der Waals surface area contributed by atoms with Crippen molar-refractivity contribution < 1.29 is 0 Å². The number of rotatable bonds is 6. The predicted molar refractivity (Wildman–Crippen MR) is 70.1 cm³/mol. The van der Waals surface area contributed by atoms with Crippen LogP contribution in [0.1, 0.15) is 44.7 Å². The number of benzene rings is 1. The third kappa shape index (κ3) is 3.72. The maximum Gasteiger partial charge on any atom is 0.0320 e. The summed E-state index contributed by atoms with van der Waals surface area (Å²) in [6.45, 7) is 4.37. The summed E-state index contributed by atoms with van der Waals surface area (Å²) in [5.74, 6) is 2.74. The summed E-state index contributed by atoms with van der Waals surface area (Å²) >= 11 is 0. The molecular weight excluding hydrogens is 194 g/mol. The monoisotopic (exact) mass is 215 g/mol. The van der Waals surface area contributed by atoms with Crippen LogP contribution in [0, 0.1) is 12.3 Å². The van der Waals surface area contributed by atoms with E-state index in [1.165, 1.54) is 5.56 Å². The van der Waals surface area contributed by atoms with E-state index in [4.69, 9.17) is 6.42 Å². The van der Waals surface area contributed by atoms with Gasteiger partial charge < -0.3 is 5.32 Å². The molecule has 0 amide bonds. The minimum atomic E-state index is 0.416. The van der Waals surface area contributed by atoms with Gasteiger partial charge in [-0.15, -0.1) is 12.3 Å². The second kappa shape index (κ2) is 7.09. The summed E-state index contributed by atoms with van der Waals surface area (Å²) in [4.78, 5) is 0. The van der Waals surface area contributed by atoms with Gasteiger partial charge in [0.15, 0.2) is 0 Å². The maximum atomic E-state index is 5.37. The molecule has 2 unspecified atom stereocenters. The first kappa shape index (κ1) is 12.8. The smallest absolute Gasteiger partial charge is 0.0320 e. The normalized spacial score (nSPS) is 14.1. The van der Waals surface area contributed by atoms with Gasteiger partial charge in [-0.25, -0.2) is 0 Å². The largest absolute Gasteiger partial charge is 0.306 e. The molecule has 0 saturated carbocycles. The zero-order valence-corrected chi connectivity index (χ0v) is 10.2. The first-order valence-electron chi connectivity index (χ1n) is 6.06. The molecule has 86 valence electrons. The Hall–Kier alpha value is -1.26. The predicted octanol–water partition coefficient (Wildman–Crippen LogP) is 3.53. The average Bonchev–Trinajstić information content (AvgIpc) is 2.35. The van der Waals surface area contributed by atoms with Crippen molar-refractivity contribution in [1.82, 2.24) is 5.32 Å². The molecule has 0 radical (unpaired) electrons. The fourth-order valence-electron chi connectivity index (χ4n) is 1.88. The lowest BCUT2D eigenvalue weighted by molar-refractivity contribution is 0.421. The van der Waals surface area contributed by atoms with Crippen molar-refractivity contribution in [2.75, 3.05) is 0 Å². The molecule has 0 aliphatic heterocycles. The molecule has 0 heterocycles. The van der Waals surface area contributed by atoms with E-state index in [2.05, 4.69) is 55.4 Å². The number of hydrogen-bond donors (Lipinski definition) is 1. The molecule has 16 heavy (non-hydrogen) atoms. The maximum absolute atomic E-state index is 5.37. The molecule has 1 N–H and O–H groups in total. The lowest BCUT2D eigenvalue weighted by Crippen LogP contribution is -2.31. The summed E-state index contributed by atoms with van der Waals surface area (Å²) in [6, 6.07) is 11.4. The Morgan fingerprint density at radius 3 is 2.38 bits per heavy atom. The van der Waals surface area contributed by atoms with E-state index in [-0.39, 0.29) is 0 Å². The van der Waals surface area contributed by atoms with Crippen LogP contribution in [0.2, 0.25) is 0 Å². The van der Waals surface area contributed by atoms with Gasteiger partial charge in [0.05, 0.1) is 0 Å². The zero-order valence-electron chi connectivity index (χ0n) is 10.2. The summed E-state index contributed by atoms with van der Waals surface area (Å²) < 4.78 is 0. The Kier molecular flexibility index (Phi) is 5.67. The van der Waals surface area contributed by atoms with Crippen LogP contribution in [-0.4, -0.2) is 6.04 Å². The SMILES string of the molecule is C#CCC(CC)NC(CC)c1ccccc1. The Labute approximate surface area is 99.3 Å². The fourth-order valence-corrected chi connectivity index (χ4v) is 1.88. The lowest BCUT2D eigenvalue weighted by Gasteiger charge is -2.23. The van der Waals surface area contributed by atoms with Crippen LogP contribution in [0.25, 0.3) is 0 Å². The summed E-state index contributed by atoms with van der Waals surface area (Å²) in [5, 5.41) is 3.63. The highest BCUT2D eigenvalue weighted by molar-refractivity contribution is 5.19. The third-order valence-corrected chi connectivity index (χ3v) is 2.90. The second-order valence-corrected chi connectivity index (χ2v) is 4.05. The Morgan fingerprint density at radius 2 is 1.88 bits per heavy atom. The second-order valence-electron chi connectivity index (χ2n) is 4.05. The van der Waals surface area contributed by atoms with Crippen molar-refractivity contribution in [3.63, 3.8) is 0 Å². The highest BCUT2D eigenvalue weighted by Gasteiger charge is 2.12. The molecule has 2 atom stereocenters. The topological polar surface area (TPSA) is 12.0 Å². The average molecular weight is 215 g/mol. The van der Waals surface area contributed by atoms with Crippen molar-refractivity contribution in [1.29, 1.82) is 0 Å². The van der Waals surface area contributed by atoms with Crippen LogP contribution in [0.4, 0.5) is 0 Å². The third-order valence-electron chi connectivity index (χ3n) is 2.90. The number of terminal acetylenes is 1. The van der Waals surface area contributed by atoms with E-state index < -0.39 is 0 Å².